The topological polar surface area (TPSA) is 20.3 Å². The second-order valence-corrected chi connectivity index (χ2v) is 4.28. The average molecular weight is 169 g/mol. The molecule has 12 heavy (non-hydrogen) atoms. The van der Waals surface area contributed by atoms with Gasteiger partial charge in [0.15, 0.2) is 0 Å². The lowest BCUT2D eigenvalue weighted by molar-refractivity contribution is -0.134. The minimum atomic E-state index is -0.0895. The van der Waals surface area contributed by atoms with Gasteiger partial charge in [0.1, 0.15) is 0 Å². The van der Waals surface area contributed by atoms with Gasteiger partial charge in [0.2, 0.25) is 5.91 Å². The van der Waals surface area contributed by atoms with Crippen LogP contribution in [0.5, 0.6) is 0 Å². The van der Waals surface area contributed by atoms with Crippen LogP contribution in [0.25, 0.3) is 0 Å². The van der Waals surface area contributed by atoms with Crippen LogP contribution in [0.4, 0.5) is 0 Å². The molecule has 1 rings (SSSR count). The summed E-state index contributed by atoms with van der Waals surface area (Å²) in [5.41, 5.74) is -0.0895. The summed E-state index contributed by atoms with van der Waals surface area (Å²) in [4.78, 5) is 13.7. The molecule has 0 unspecified atom stereocenters. The Morgan fingerprint density at radius 1 is 1.50 bits per heavy atom. The van der Waals surface area contributed by atoms with Crippen LogP contribution in [0, 0.1) is 5.41 Å². The smallest absolute Gasteiger partial charge is 0.228 e. The Bertz CT molecular complexity index is 175. The number of unbranched alkanes of at least 4 members (excludes halogenated alkanes) is 1. The van der Waals surface area contributed by atoms with Gasteiger partial charge < -0.3 is 4.90 Å². The van der Waals surface area contributed by atoms with Gasteiger partial charge in [0.25, 0.3) is 0 Å². The van der Waals surface area contributed by atoms with E-state index >= 15 is 0 Å². The third-order valence-electron chi connectivity index (χ3n) is 2.65. The van der Waals surface area contributed by atoms with Gasteiger partial charge in [-0.3, -0.25) is 4.79 Å². The molecule has 0 aliphatic carbocycles. The van der Waals surface area contributed by atoms with Crippen molar-refractivity contribution in [3.8, 4) is 0 Å². The Labute approximate surface area is 74.9 Å². The van der Waals surface area contributed by atoms with E-state index in [0.29, 0.717) is 5.91 Å². The molecule has 1 heterocycles. The summed E-state index contributed by atoms with van der Waals surface area (Å²) in [6, 6.07) is 0. The minimum absolute atomic E-state index is 0.0895. The standard InChI is InChI=1S/C10H19NO/c1-4-5-7-11-8-6-10(2,3)9(11)12/h4-8H2,1-3H3. The first kappa shape index (κ1) is 9.56. The molecule has 0 aromatic carbocycles. The summed E-state index contributed by atoms with van der Waals surface area (Å²) in [6.07, 6.45) is 3.33. The van der Waals surface area contributed by atoms with Crippen molar-refractivity contribution in [2.24, 2.45) is 5.41 Å². The summed E-state index contributed by atoms with van der Waals surface area (Å²) in [7, 11) is 0. The van der Waals surface area contributed by atoms with E-state index < -0.39 is 0 Å². The summed E-state index contributed by atoms with van der Waals surface area (Å²) in [5, 5.41) is 0. The largest absolute Gasteiger partial charge is 0.342 e. The van der Waals surface area contributed by atoms with Crippen molar-refractivity contribution in [2.45, 2.75) is 40.0 Å². The zero-order valence-electron chi connectivity index (χ0n) is 8.39. The Balaban J connectivity index is 2.44. The van der Waals surface area contributed by atoms with Gasteiger partial charge in [-0.05, 0) is 12.8 Å². The van der Waals surface area contributed by atoms with Crippen molar-refractivity contribution < 1.29 is 4.79 Å². The molecule has 0 radical (unpaired) electrons. The number of likely N-dealkylation sites (tertiary alicyclic amines) is 1. The number of hydrogen-bond acceptors (Lipinski definition) is 1. The molecular weight excluding hydrogens is 150 g/mol. The lowest BCUT2D eigenvalue weighted by Gasteiger charge is -2.18. The molecule has 0 saturated carbocycles. The number of amides is 1. The van der Waals surface area contributed by atoms with E-state index in [1.165, 1.54) is 6.42 Å². The molecule has 1 aliphatic heterocycles. The molecular formula is C10H19NO. The lowest BCUT2D eigenvalue weighted by atomic mass is 9.92. The molecule has 0 N–H and O–H groups in total. The fraction of sp³-hybridized carbons (Fsp3) is 0.900. The molecule has 70 valence electrons. The highest BCUT2D eigenvalue weighted by atomic mass is 16.2. The number of nitrogens with zero attached hydrogens (tertiary/aromatic N) is 1. The summed E-state index contributed by atoms with van der Waals surface area (Å²) >= 11 is 0. The fourth-order valence-corrected chi connectivity index (χ4v) is 1.61. The average Bonchev–Trinajstić information content (AvgIpc) is 2.26. The molecule has 0 bridgehead atoms. The Kier molecular flexibility index (Phi) is 2.76. The summed E-state index contributed by atoms with van der Waals surface area (Å²) in [6.45, 7) is 8.17. The highest BCUT2D eigenvalue weighted by Crippen LogP contribution is 2.30. The minimum Gasteiger partial charge on any atom is -0.342 e. The second kappa shape index (κ2) is 3.46. The van der Waals surface area contributed by atoms with Crippen LogP contribution < -0.4 is 0 Å². The highest BCUT2D eigenvalue weighted by Gasteiger charge is 2.37. The molecule has 1 saturated heterocycles. The first-order chi connectivity index (χ1) is 5.58. The predicted octanol–water partition coefficient (Wildman–Crippen LogP) is 2.04. The van der Waals surface area contributed by atoms with Gasteiger partial charge in [-0.15, -0.1) is 0 Å². The zero-order valence-corrected chi connectivity index (χ0v) is 8.39. The highest BCUT2D eigenvalue weighted by molar-refractivity contribution is 5.83. The predicted molar refractivity (Wildman–Crippen MR) is 49.9 cm³/mol. The molecule has 0 atom stereocenters. The van der Waals surface area contributed by atoms with E-state index in [0.717, 1.165) is 25.9 Å². The first-order valence-corrected chi connectivity index (χ1v) is 4.87. The van der Waals surface area contributed by atoms with Crippen LogP contribution in [-0.4, -0.2) is 23.9 Å². The van der Waals surface area contributed by atoms with Crippen molar-refractivity contribution in [3.05, 3.63) is 0 Å². The van der Waals surface area contributed by atoms with Gasteiger partial charge in [-0.2, -0.15) is 0 Å². The maximum atomic E-state index is 11.7. The molecule has 1 aliphatic rings. The van der Waals surface area contributed by atoms with Crippen molar-refractivity contribution in [1.29, 1.82) is 0 Å². The van der Waals surface area contributed by atoms with Crippen LogP contribution in [0.1, 0.15) is 40.0 Å². The Morgan fingerprint density at radius 3 is 2.58 bits per heavy atom. The van der Waals surface area contributed by atoms with Crippen LogP contribution in [0.2, 0.25) is 0 Å². The number of carbonyl (C=O) groups is 1. The molecule has 0 aromatic rings. The Morgan fingerprint density at radius 2 is 2.17 bits per heavy atom. The van der Waals surface area contributed by atoms with Crippen molar-refractivity contribution in [2.75, 3.05) is 13.1 Å². The Hall–Kier alpha value is -0.530. The third-order valence-corrected chi connectivity index (χ3v) is 2.65. The lowest BCUT2D eigenvalue weighted by Crippen LogP contribution is -2.31. The molecule has 1 amide bonds. The zero-order chi connectivity index (χ0) is 9.19. The normalized spacial score (nSPS) is 21.9. The van der Waals surface area contributed by atoms with Crippen molar-refractivity contribution >= 4 is 5.91 Å². The summed E-state index contributed by atoms with van der Waals surface area (Å²) < 4.78 is 0. The van der Waals surface area contributed by atoms with Crippen LogP contribution in [0.15, 0.2) is 0 Å². The number of rotatable bonds is 3. The fourth-order valence-electron chi connectivity index (χ4n) is 1.61. The van der Waals surface area contributed by atoms with E-state index in [1.807, 2.05) is 18.7 Å². The van der Waals surface area contributed by atoms with Gasteiger partial charge in [0, 0.05) is 18.5 Å². The molecule has 2 nitrogen and oxygen atoms in total. The molecule has 1 fully saturated rings. The third kappa shape index (κ3) is 1.79. The van der Waals surface area contributed by atoms with Crippen molar-refractivity contribution in [1.82, 2.24) is 4.90 Å². The van der Waals surface area contributed by atoms with E-state index in [1.54, 1.807) is 0 Å². The van der Waals surface area contributed by atoms with Crippen LogP contribution in [0.3, 0.4) is 0 Å². The van der Waals surface area contributed by atoms with E-state index in [4.69, 9.17) is 0 Å². The maximum absolute atomic E-state index is 11.7. The van der Waals surface area contributed by atoms with Crippen LogP contribution >= 0.6 is 0 Å². The summed E-state index contributed by atoms with van der Waals surface area (Å²) in [5.74, 6) is 0.343. The number of carbonyl (C=O) groups excluding carboxylic acids is 1. The van der Waals surface area contributed by atoms with Gasteiger partial charge in [-0.1, -0.05) is 27.2 Å². The quantitative estimate of drug-likeness (QED) is 0.633. The SMILES string of the molecule is CCCCN1CCC(C)(C)C1=O. The first-order valence-electron chi connectivity index (χ1n) is 4.87. The molecule has 0 spiro atoms. The van der Waals surface area contributed by atoms with Gasteiger partial charge in [-0.25, -0.2) is 0 Å². The second-order valence-electron chi connectivity index (χ2n) is 4.28. The van der Waals surface area contributed by atoms with Crippen molar-refractivity contribution in [3.63, 3.8) is 0 Å². The van der Waals surface area contributed by atoms with E-state index in [2.05, 4.69) is 6.92 Å². The monoisotopic (exact) mass is 169 g/mol. The number of hydrogen-bond donors (Lipinski definition) is 0. The van der Waals surface area contributed by atoms with E-state index in [-0.39, 0.29) is 5.41 Å². The van der Waals surface area contributed by atoms with Gasteiger partial charge >= 0.3 is 0 Å². The van der Waals surface area contributed by atoms with Gasteiger partial charge in [0.05, 0.1) is 0 Å². The molecule has 2 heteroatoms. The molecule has 0 aromatic heterocycles. The van der Waals surface area contributed by atoms with E-state index in [9.17, 15) is 4.79 Å². The maximum Gasteiger partial charge on any atom is 0.228 e. The van der Waals surface area contributed by atoms with Crippen LogP contribution in [-0.2, 0) is 4.79 Å².